The molecule has 2 amide bonds. The molecule has 1 N–H and O–H groups in total. The third-order valence-electron chi connectivity index (χ3n) is 3.88. The molecule has 0 aromatic heterocycles. The van der Waals surface area contributed by atoms with Gasteiger partial charge in [-0.25, -0.2) is 0 Å². The van der Waals surface area contributed by atoms with Gasteiger partial charge in [0.2, 0.25) is 11.8 Å². The monoisotopic (exact) mass is 288 g/mol. The molecule has 2 unspecified atom stereocenters. The van der Waals surface area contributed by atoms with Crippen molar-refractivity contribution in [2.24, 2.45) is 5.92 Å². The van der Waals surface area contributed by atoms with E-state index in [1.807, 2.05) is 37.3 Å². The van der Waals surface area contributed by atoms with Crippen LogP contribution >= 0.6 is 0 Å². The zero-order valence-electron chi connectivity index (χ0n) is 13.0. The molecule has 0 radical (unpaired) electrons. The van der Waals surface area contributed by atoms with Crippen LogP contribution in [0.4, 0.5) is 0 Å². The van der Waals surface area contributed by atoms with Gasteiger partial charge in [-0.05, 0) is 24.3 Å². The second-order valence-electron chi connectivity index (χ2n) is 6.07. The first-order valence-corrected chi connectivity index (χ1v) is 7.67. The zero-order valence-corrected chi connectivity index (χ0v) is 13.0. The predicted molar refractivity (Wildman–Crippen MR) is 82.5 cm³/mol. The fraction of sp³-hybridized carbons (Fsp3) is 0.529. The van der Waals surface area contributed by atoms with E-state index in [-0.39, 0.29) is 23.9 Å². The Labute approximate surface area is 126 Å². The van der Waals surface area contributed by atoms with E-state index >= 15 is 0 Å². The third kappa shape index (κ3) is 3.63. The maximum absolute atomic E-state index is 12.6. The molecule has 1 aromatic carbocycles. The van der Waals surface area contributed by atoms with Crippen molar-refractivity contribution in [3.8, 4) is 0 Å². The van der Waals surface area contributed by atoms with E-state index in [0.717, 1.165) is 5.56 Å². The summed E-state index contributed by atoms with van der Waals surface area (Å²) in [4.78, 5) is 26.7. The van der Waals surface area contributed by atoms with Crippen LogP contribution in [-0.4, -0.2) is 28.8 Å². The van der Waals surface area contributed by atoms with Gasteiger partial charge in [0.1, 0.15) is 12.1 Å². The SMILES string of the molecule is CCC1NC(=O)C(CC(C)C)N(Cc2ccccc2)C1=O. The standard InChI is InChI=1S/C17H24N2O2/c1-4-14-17(21)19(11-13-8-6-5-7-9-13)15(10-12(2)3)16(20)18-14/h5-9,12,14-15H,4,10-11H2,1-3H3,(H,18,20). The number of nitrogens with zero attached hydrogens (tertiary/aromatic N) is 1. The first-order valence-electron chi connectivity index (χ1n) is 7.67. The van der Waals surface area contributed by atoms with Crippen LogP contribution in [0.2, 0.25) is 0 Å². The maximum Gasteiger partial charge on any atom is 0.246 e. The van der Waals surface area contributed by atoms with E-state index in [2.05, 4.69) is 19.2 Å². The molecular formula is C17H24N2O2. The number of benzene rings is 1. The van der Waals surface area contributed by atoms with Gasteiger partial charge in [0, 0.05) is 6.54 Å². The molecule has 1 aliphatic heterocycles. The Bertz CT molecular complexity index is 499. The number of nitrogens with one attached hydrogen (secondary N) is 1. The van der Waals surface area contributed by atoms with Crippen LogP contribution in [0.3, 0.4) is 0 Å². The van der Waals surface area contributed by atoms with Crippen LogP contribution in [0.15, 0.2) is 30.3 Å². The summed E-state index contributed by atoms with van der Waals surface area (Å²) in [5.74, 6) is 0.377. The number of rotatable bonds is 5. The van der Waals surface area contributed by atoms with Crippen LogP contribution in [0, 0.1) is 5.92 Å². The minimum absolute atomic E-state index is 0.0221. The average molecular weight is 288 g/mol. The Hall–Kier alpha value is -1.84. The molecule has 1 fully saturated rings. The second kappa shape index (κ2) is 6.74. The fourth-order valence-electron chi connectivity index (χ4n) is 2.75. The van der Waals surface area contributed by atoms with Crippen molar-refractivity contribution < 1.29 is 9.59 Å². The smallest absolute Gasteiger partial charge is 0.246 e. The summed E-state index contributed by atoms with van der Waals surface area (Å²) in [7, 11) is 0. The largest absolute Gasteiger partial charge is 0.343 e. The van der Waals surface area contributed by atoms with Crippen LogP contribution in [0.1, 0.15) is 39.2 Å². The lowest BCUT2D eigenvalue weighted by atomic mass is 9.96. The van der Waals surface area contributed by atoms with E-state index in [1.54, 1.807) is 4.90 Å². The van der Waals surface area contributed by atoms with Crippen molar-refractivity contribution in [1.29, 1.82) is 0 Å². The number of carbonyl (C=O) groups excluding carboxylic acids is 2. The third-order valence-corrected chi connectivity index (χ3v) is 3.88. The molecule has 1 saturated heterocycles. The molecule has 4 heteroatoms. The molecule has 21 heavy (non-hydrogen) atoms. The molecule has 0 spiro atoms. The molecular weight excluding hydrogens is 264 g/mol. The lowest BCUT2D eigenvalue weighted by Gasteiger charge is -2.39. The lowest BCUT2D eigenvalue weighted by Crippen LogP contribution is -2.62. The molecule has 0 saturated carbocycles. The van der Waals surface area contributed by atoms with Crippen molar-refractivity contribution in [1.82, 2.24) is 10.2 Å². The van der Waals surface area contributed by atoms with Gasteiger partial charge in [-0.3, -0.25) is 9.59 Å². The number of hydrogen-bond donors (Lipinski definition) is 1. The Morgan fingerprint density at radius 1 is 1.19 bits per heavy atom. The summed E-state index contributed by atoms with van der Waals surface area (Å²) in [5, 5.41) is 2.86. The van der Waals surface area contributed by atoms with Crippen molar-refractivity contribution in [2.75, 3.05) is 0 Å². The molecule has 2 atom stereocenters. The van der Waals surface area contributed by atoms with Crippen molar-refractivity contribution in [2.45, 2.75) is 52.2 Å². The topological polar surface area (TPSA) is 49.4 Å². The molecule has 1 aliphatic rings. The highest BCUT2D eigenvalue weighted by molar-refractivity contribution is 5.96. The zero-order chi connectivity index (χ0) is 15.4. The quantitative estimate of drug-likeness (QED) is 0.904. The summed E-state index contributed by atoms with van der Waals surface area (Å²) in [6.45, 7) is 6.57. The second-order valence-corrected chi connectivity index (χ2v) is 6.07. The predicted octanol–water partition coefficient (Wildman–Crippen LogP) is 2.34. The van der Waals surface area contributed by atoms with Gasteiger partial charge in [0.05, 0.1) is 0 Å². The Balaban J connectivity index is 2.24. The molecule has 114 valence electrons. The highest BCUT2D eigenvalue weighted by Gasteiger charge is 2.39. The summed E-state index contributed by atoms with van der Waals surface area (Å²) in [5.41, 5.74) is 1.06. The first kappa shape index (κ1) is 15.5. The highest BCUT2D eigenvalue weighted by Crippen LogP contribution is 2.21. The Morgan fingerprint density at radius 3 is 2.43 bits per heavy atom. The minimum Gasteiger partial charge on any atom is -0.343 e. The van der Waals surface area contributed by atoms with E-state index in [1.165, 1.54) is 0 Å². The van der Waals surface area contributed by atoms with Crippen molar-refractivity contribution >= 4 is 11.8 Å². The average Bonchev–Trinajstić information content (AvgIpc) is 2.47. The van der Waals surface area contributed by atoms with E-state index < -0.39 is 0 Å². The molecule has 2 rings (SSSR count). The number of amides is 2. The molecule has 1 heterocycles. The summed E-state index contributed by atoms with van der Waals surface area (Å²) in [6.07, 6.45) is 1.32. The summed E-state index contributed by atoms with van der Waals surface area (Å²) < 4.78 is 0. The van der Waals surface area contributed by atoms with Crippen LogP contribution in [-0.2, 0) is 16.1 Å². The Kier molecular flexibility index (Phi) is 4.99. The van der Waals surface area contributed by atoms with Gasteiger partial charge in [-0.2, -0.15) is 0 Å². The highest BCUT2D eigenvalue weighted by atomic mass is 16.2. The van der Waals surface area contributed by atoms with Crippen molar-refractivity contribution in [3.05, 3.63) is 35.9 Å². The van der Waals surface area contributed by atoms with Gasteiger partial charge in [0.15, 0.2) is 0 Å². The van der Waals surface area contributed by atoms with E-state index in [4.69, 9.17) is 0 Å². The Morgan fingerprint density at radius 2 is 1.86 bits per heavy atom. The van der Waals surface area contributed by atoms with Crippen LogP contribution in [0.25, 0.3) is 0 Å². The fourth-order valence-corrected chi connectivity index (χ4v) is 2.75. The molecule has 4 nitrogen and oxygen atoms in total. The maximum atomic E-state index is 12.6. The van der Waals surface area contributed by atoms with Gasteiger partial charge in [0.25, 0.3) is 0 Å². The van der Waals surface area contributed by atoms with Gasteiger partial charge >= 0.3 is 0 Å². The lowest BCUT2D eigenvalue weighted by molar-refractivity contribution is -0.150. The minimum atomic E-state index is -0.385. The first-order chi connectivity index (χ1) is 10.0. The van der Waals surface area contributed by atoms with E-state index in [9.17, 15) is 9.59 Å². The molecule has 0 aliphatic carbocycles. The normalized spacial score (nSPS) is 22.6. The number of hydrogen-bond acceptors (Lipinski definition) is 2. The number of carbonyl (C=O) groups is 2. The molecule has 0 bridgehead atoms. The van der Waals surface area contributed by atoms with Crippen LogP contribution < -0.4 is 5.32 Å². The van der Waals surface area contributed by atoms with Crippen LogP contribution in [0.5, 0.6) is 0 Å². The van der Waals surface area contributed by atoms with Gasteiger partial charge in [-0.15, -0.1) is 0 Å². The summed E-state index contributed by atoms with van der Waals surface area (Å²) in [6, 6.07) is 9.11. The summed E-state index contributed by atoms with van der Waals surface area (Å²) >= 11 is 0. The molecule has 1 aromatic rings. The van der Waals surface area contributed by atoms with Gasteiger partial charge in [-0.1, -0.05) is 51.1 Å². The van der Waals surface area contributed by atoms with E-state index in [0.29, 0.717) is 25.3 Å². The van der Waals surface area contributed by atoms with Gasteiger partial charge < -0.3 is 10.2 Å². The number of piperazine rings is 1. The van der Waals surface area contributed by atoms with Crippen molar-refractivity contribution in [3.63, 3.8) is 0 Å².